The minimum Gasteiger partial charge on any atom is -0.479 e. The number of carboxylic acid groups (broad SMARTS) is 1. The van der Waals surface area contributed by atoms with Crippen LogP contribution < -0.4 is 5.32 Å². The number of aliphatic carboxylic acids is 1. The zero-order chi connectivity index (χ0) is 15.5. The van der Waals surface area contributed by atoms with E-state index in [-0.39, 0.29) is 18.2 Å². The highest BCUT2D eigenvalue weighted by molar-refractivity contribution is 6.31. The third-order valence-corrected chi connectivity index (χ3v) is 4.72. The lowest BCUT2D eigenvalue weighted by Gasteiger charge is -2.39. The maximum absolute atomic E-state index is 12.3. The first-order chi connectivity index (χ1) is 9.95. The molecule has 0 heterocycles. The number of rotatable bonds is 4. The quantitative estimate of drug-likeness (QED) is 0.898. The molecular weight excluding hydrogens is 290 g/mol. The summed E-state index contributed by atoms with van der Waals surface area (Å²) in [5.41, 5.74) is -0.433. The third-order valence-electron chi connectivity index (χ3n) is 4.35. The SMILES string of the molecule is CC1CCCCC1(NC(=O)Cc1ccccc1Cl)C(=O)O. The van der Waals surface area contributed by atoms with E-state index in [1.807, 2.05) is 13.0 Å². The van der Waals surface area contributed by atoms with Crippen LogP contribution in [0.4, 0.5) is 0 Å². The Morgan fingerprint density at radius 1 is 1.38 bits per heavy atom. The summed E-state index contributed by atoms with van der Waals surface area (Å²) < 4.78 is 0. The van der Waals surface area contributed by atoms with E-state index in [4.69, 9.17) is 11.6 Å². The lowest BCUT2D eigenvalue weighted by Crippen LogP contribution is -2.60. The average molecular weight is 310 g/mol. The van der Waals surface area contributed by atoms with E-state index in [0.29, 0.717) is 17.0 Å². The van der Waals surface area contributed by atoms with Crippen molar-refractivity contribution in [2.45, 2.75) is 44.6 Å². The molecule has 21 heavy (non-hydrogen) atoms. The van der Waals surface area contributed by atoms with Crippen molar-refractivity contribution in [2.24, 2.45) is 5.92 Å². The molecule has 2 unspecified atom stereocenters. The van der Waals surface area contributed by atoms with Crippen molar-refractivity contribution < 1.29 is 14.7 Å². The maximum atomic E-state index is 12.3. The van der Waals surface area contributed by atoms with Crippen LogP contribution in [0.15, 0.2) is 24.3 Å². The van der Waals surface area contributed by atoms with E-state index in [2.05, 4.69) is 5.32 Å². The highest BCUT2D eigenvalue weighted by atomic mass is 35.5. The van der Waals surface area contributed by atoms with Gasteiger partial charge in [-0.3, -0.25) is 4.79 Å². The van der Waals surface area contributed by atoms with Crippen LogP contribution in [0.25, 0.3) is 0 Å². The molecule has 1 aliphatic carbocycles. The molecule has 2 atom stereocenters. The van der Waals surface area contributed by atoms with Crippen molar-refractivity contribution in [2.75, 3.05) is 0 Å². The zero-order valence-electron chi connectivity index (χ0n) is 12.1. The molecular formula is C16H20ClNO3. The van der Waals surface area contributed by atoms with Crippen molar-refractivity contribution >= 4 is 23.5 Å². The molecule has 1 saturated carbocycles. The van der Waals surface area contributed by atoms with Crippen LogP contribution in [0.3, 0.4) is 0 Å². The van der Waals surface area contributed by atoms with Gasteiger partial charge < -0.3 is 10.4 Å². The van der Waals surface area contributed by atoms with E-state index in [0.717, 1.165) is 19.3 Å². The Hall–Kier alpha value is -1.55. The normalized spacial score (nSPS) is 25.3. The predicted octanol–water partition coefficient (Wildman–Crippen LogP) is 3.03. The van der Waals surface area contributed by atoms with Crippen molar-refractivity contribution in [3.8, 4) is 0 Å². The van der Waals surface area contributed by atoms with Crippen LogP contribution >= 0.6 is 11.6 Å². The Labute approximate surface area is 129 Å². The molecule has 2 rings (SSSR count). The number of carbonyl (C=O) groups is 2. The molecule has 1 aromatic carbocycles. The standard InChI is InChI=1S/C16H20ClNO3/c1-11-6-4-5-9-16(11,15(20)21)18-14(19)10-12-7-2-3-8-13(12)17/h2-3,7-8,11H,4-6,9-10H2,1H3,(H,18,19)(H,20,21). The number of halogens is 1. The van der Waals surface area contributed by atoms with Gasteiger partial charge in [-0.2, -0.15) is 0 Å². The second-order valence-electron chi connectivity index (χ2n) is 5.74. The highest BCUT2D eigenvalue weighted by Gasteiger charge is 2.46. The number of benzene rings is 1. The fourth-order valence-corrected chi connectivity index (χ4v) is 3.21. The van der Waals surface area contributed by atoms with Crippen molar-refractivity contribution in [3.05, 3.63) is 34.9 Å². The smallest absolute Gasteiger partial charge is 0.329 e. The average Bonchev–Trinajstić information content (AvgIpc) is 2.44. The minimum absolute atomic E-state index is 0.0704. The van der Waals surface area contributed by atoms with E-state index in [1.165, 1.54) is 0 Å². The summed E-state index contributed by atoms with van der Waals surface area (Å²) in [7, 11) is 0. The van der Waals surface area contributed by atoms with Gasteiger partial charge in [-0.25, -0.2) is 4.79 Å². The molecule has 0 aliphatic heterocycles. The van der Waals surface area contributed by atoms with Crippen LogP contribution in [0, 0.1) is 5.92 Å². The highest BCUT2D eigenvalue weighted by Crippen LogP contribution is 2.34. The summed E-state index contributed by atoms with van der Waals surface area (Å²) >= 11 is 6.04. The van der Waals surface area contributed by atoms with Crippen LogP contribution in [-0.4, -0.2) is 22.5 Å². The first kappa shape index (κ1) is 15.8. The summed E-state index contributed by atoms with van der Waals surface area (Å²) in [5.74, 6) is -1.31. The molecule has 0 saturated heterocycles. The molecule has 114 valence electrons. The second kappa shape index (κ2) is 6.48. The number of carbonyl (C=O) groups excluding carboxylic acids is 1. The molecule has 1 aliphatic rings. The monoisotopic (exact) mass is 309 g/mol. The molecule has 0 bridgehead atoms. The summed E-state index contributed by atoms with van der Waals surface area (Å²) in [6, 6.07) is 7.11. The molecule has 4 nitrogen and oxygen atoms in total. The van der Waals surface area contributed by atoms with Gasteiger partial charge in [-0.05, 0) is 30.4 Å². The number of carboxylic acids is 1. The fourth-order valence-electron chi connectivity index (χ4n) is 3.01. The summed E-state index contributed by atoms with van der Waals surface area (Å²) in [6.07, 6.45) is 3.23. The van der Waals surface area contributed by atoms with Gasteiger partial charge in [0.1, 0.15) is 5.54 Å². The van der Waals surface area contributed by atoms with Gasteiger partial charge in [0, 0.05) is 5.02 Å². The third kappa shape index (κ3) is 3.38. The Morgan fingerprint density at radius 3 is 2.71 bits per heavy atom. The van der Waals surface area contributed by atoms with E-state index < -0.39 is 11.5 Å². The molecule has 1 amide bonds. The number of nitrogens with one attached hydrogen (secondary N) is 1. The Bertz CT molecular complexity index is 546. The molecule has 1 aromatic rings. The van der Waals surface area contributed by atoms with E-state index in [1.54, 1.807) is 18.2 Å². The summed E-state index contributed by atoms with van der Waals surface area (Å²) in [5, 5.41) is 12.9. The van der Waals surface area contributed by atoms with Crippen LogP contribution in [0.5, 0.6) is 0 Å². The summed E-state index contributed by atoms with van der Waals surface area (Å²) in [6.45, 7) is 1.89. The molecule has 0 radical (unpaired) electrons. The van der Waals surface area contributed by atoms with Gasteiger partial charge >= 0.3 is 5.97 Å². The first-order valence-corrected chi connectivity index (χ1v) is 7.61. The maximum Gasteiger partial charge on any atom is 0.329 e. The van der Waals surface area contributed by atoms with E-state index >= 15 is 0 Å². The lowest BCUT2D eigenvalue weighted by atomic mass is 9.73. The van der Waals surface area contributed by atoms with Crippen LogP contribution in [0.1, 0.15) is 38.2 Å². The van der Waals surface area contributed by atoms with Crippen molar-refractivity contribution in [3.63, 3.8) is 0 Å². The van der Waals surface area contributed by atoms with Gasteiger partial charge in [0.2, 0.25) is 5.91 Å². The number of hydrogen-bond donors (Lipinski definition) is 2. The minimum atomic E-state index is -1.14. The van der Waals surface area contributed by atoms with Gasteiger partial charge in [0.15, 0.2) is 0 Å². The van der Waals surface area contributed by atoms with Crippen LogP contribution in [-0.2, 0) is 16.0 Å². The zero-order valence-corrected chi connectivity index (χ0v) is 12.8. The molecule has 2 N–H and O–H groups in total. The Balaban J connectivity index is 2.12. The summed E-state index contributed by atoms with van der Waals surface area (Å²) in [4.78, 5) is 24.0. The molecule has 1 fully saturated rings. The Morgan fingerprint density at radius 2 is 2.10 bits per heavy atom. The van der Waals surface area contributed by atoms with Gasteiger partial charge in [0.25, 0.3) is 0 Å². The van der Waals surface area contributed by atoms with E-state index in [9.17, 15) is 14.7 Å². The number of hydrogen-bond acceptors (Lipinski definition) is 2. The van der Waals surface area contributed by atoms with Crippen molar-refractivity contribution in [1.29, 1.82) is 0 Å². The fraction of sp³-hybridized carbons (Fsp3) is 0.500. The van der Waals surface area contributed by atoms with Crippen molar-refractivity contribution in [1.82, 2.24) is 5.32 Å². The largest absolute Gasteiger partial charge is 0.479 e. The molecule has 0 aromatic heterocycles. The van der Waals surface area contributed by atoms with Gasteiger partial charge in [-0.1, -0.05) is 49.6 Å². The lowest BCUT2D eigenvalue weighted by molar-refractivity contribution is -0.151. The number of amides is 1. The second-order valence-corrected chi connectivity index (χ2v) is 6.15. The first-order valence-electron chi connectivity index (χ1n) is 7.23. The topological polar surface area (TPSA) is 66.4 Å². The predicted molar refractivity (Wildman–Crippen MR) is 81.3 cm³/mol. The molecule has 0 spiro atoms. The van der Waals surface area contributed by atoms with Gasteiger partial charge in [-0.15, -0.1) is 0 Å². The van der Waals surface area contributed by atoms with Gasteiger partial charge in [0.05, 0.1) is 6.42 Å². The Kier molecular flexibility index (Phi) is 4.88. The molecule has 5 heteroatoms. The van der Waals surface area contributed by atoms with Crippen LogP contribution in [0.2, 0.25) is 5.02 Å².